The van der Waals surface area contributed by atoms with E-state index in [1.807, 2.05) is 6.26 Å². The molecule has 1 heterocycles. The molecule has 0 aliphatic rings. The molecule has 0 unspecified atom stereocenters. The second-order valence-corrected chi connectivity index (χ2v) is 1.82. The molecule has 0 N–H and O–H groups in total. The molecule has 1 aromatic rings. The Bertz CT molecular complexity index is 168. The second-order valence-electron chi connectivity index (χ2n) is 1.32. The molecule has 0 atom stereocenters. The smallest absolute Gasteiger partial charge is 0.173 e. The maximum absolute atomic E-state index is 5.00. The Kier molecular flexibility index (Phi) is 2.32. The average molecular weight is 142 g/mol. The van der Waals surface area contributed by atoms with Gasteiger partial charge in [0.25, 0.3) is 0 Å². The molecule has 9 heavy (non-hydrogen) atoms. The SMILES string of the molecule is CSOc1cncnc1. The zero-order valence-electron chi connectivity index (χ0n) is 4.94. The summed E-state index contributed by atoms with van der Waals surface area (Å²) < 4.78 is 5.00. The van der Waals surface area contributed by atoms with Gasteiger partial charge in [-0.15, -0.1) is 0 Å². The highest BCUT2D eigenvalue weighted by molar-refractivity contribution is 7.94. The van der Waals surface area contributed by atoms with Crippen molar-refractivity contribution in [3.05, 3.63) is 18.7 Å². The van der Waals surface area contributed by atoms with Gasteiger partial charge in [0.1, 0.15) is 6.33 Å². The molecule has 0 fully saturated rings. The summed E-state index contributed by atoms with van der Waals surface area (Å²) in [5, 5.41) is 0. The van der Waals surface area contributed by atoms with Gasteiger partial charge in [-0.1, -0.05) is 0 Å². The first-order chi connectivity index (χ1) is 4.43. The summed E-state index contributed by atoms with van der Waals surface area (Å²) in [5.74, 6) is 0.685. The van der Waals surface area contributed by atoms with Crippen LogP contribution in [0.1, 0.15) is 0 Å². The quantitative estimate of drug-likeness (QED) is 0.580. The Hall–Kier alpha value is -0.770. The average Bonchev–Trinajstić information content (AvgIpc) is 1.91. The lowest BCUT2D eigenvalue weighted by Gasteiger charge is -1.95. The second kappa shape index (κ2) is 3.29. The van der Waals surface area contributed by atoms with Crippen molar-refractivity contribution in [2.45, 2.75) is 0 Å². The van der Waals surface area contributed by atoms with E-state index in [0.717, 1.165) is 0 Å². The molecule has 1 aromatic heterocycles. The fraction of sp³-hybridized carbons (Fsp3) is 0.200. The van der Waals surface area contributed by atoms with Crippen LogP contribution in [-0.2, 0) is 0 Å². The van der Waals surface area contributed by atoms with E-state index < -0.39 is 0 Å². The summed E-state index contributed by atoms with van der Waals surface area (Å²) in [4.78, 5) is 7.51. The summed E-state index contributed by atoms with van der Waals surface area (Å²) >= 11 is 1.27. The molecule has 0 saturated heterocycles. The third-order valence-corrected chi connectivity index (χ3v) is 1.08. The van der Waals surface area contributed by atoms with Gasteiger partial charge in [-0.25, -0.2) is 9.97 Å². The highest BCUT2D eigenvalue weighted by Gasteiger charge is 1.87. The van der Waals surface area contributed by atoms with Crippen molar-refractivity contribution < 1.29 is 4.18 Å². The van der Waals surface area contributed by atoms with Gasteiger partial charge in [-0.2, -0.15) is 0 Å². The van der Waals surface area contributed by atoms with Crippen molar-refractivity contribution in [3.8, 4) is 5.75 Å². The minimum atomic E-state index is 0.685. The monoisotopic (exact) mass is 142 g/mol. The van der Waals surface area contributed by atoms with E-state index in [9.17, 15) is 0 Å². The van der Waals surface area contributed by atoms with Gasteiger partial charge in [-0.05, 0) is 0 Å². The van der Waals surface area contributed by atoms with E-state index in [1.54, 1.807) is 12.4 Å². The molecule has 0 saturated carbocycles. The van der Waals surface area contributed by atoms with Crippen molar-refractivity contribution in [3.63, 3.8) is 0 Å². The van der Waals surface area contributed by atoms with Crippen LogP contribution in [0.15, 0.2) is 18.7 Å². The van der Waals surface area contributed by atoms with E-state index in [2.05, 4.69) is 9.97 Å². The van der Waals surface area contributed by atoms with Gasteiger partial charge < -0.3 is 4.18 Å². The van der Waals surface area contributed by atoms with Crippen molar-refractivity contribution in [1.29, 1.82) is 0 Å². The summed E-state index contributed by atoms with van der Waals surface area (Å²) in [6.07, 6.45) is 6.53. The van der Waals surface area contributed by atoms with Crippen LogP contribution in [0.5, 0.6) is 5.75 Å². The van der Waals surface area contributed by atoms with Crippen molar-refractivity contribution in [2.75, 3.05) is 6.26 Å². The van der Waals surface area contributed by atoms with Gasteiger partial charge in [0.05, 0.1) is 24.4 Å². The zero-order valence-corrected chi connectivity index (χ0v) is 5.76. The summed E-state index contributed by atoms with van der Waals surface area (Å²) in [5.41, 5.74) is 0. The predicted octanol–water partition coefficient (Wildman–Crippen LogP) is 1.13. The lowest BCUT2D eigenvalue weighted by atomic mass is 10.6. The fourth-order valence-electron chi connectivity index (χ4n) is 0.425. The van der Waals surface area contributed by atoms with Crippen LogP contribution >= 0.6 is 12.0 Å². The summed E-state index contributed by atoms with van der Waals surface area (Å²) in [6, 6.07) is 0. The Morgan fingerprint density at radius 2 is 2.11 bits per heavy atom. The Balaban J connectivity index is 2.61. The number of rotatable bonds is 2. The van der Waals surface area contributed by atoms with Gasteiger partial charge in [-0.3, -0.25) is 0 Å². The standard InChI is InChI=1S/C5H6N2OS/c1-9-8-5-2-6-4-7-3-5/h2-4H,1H3. The molecule has 1 rings (SSSR count). The largest absolute Gasteiger partial charge is 0.423 e. The Morgan fingerprint density at radius 1 is 1.44 bits per heavy atom. The molecule has 0 aliphatic carbocycles. The zero-order chi connectivity index (χ0) is 6.53. The number of nitrogens with zero attached hydrogens (tertiary/aromatic N) is 2. The first-order valence-corrected chi connectivity index (χ1v) is 3.54. The molecule has 0 radical (unpaired) electrons. The van der Waals surface area contributed by atoms with Crippen LogP contribution in [0.2, 0.25) is 0 Å². The third-order valence-electron chi connectivity index (χ3n) is 0.716. The Morgan fingerprint density at radius 3 is 2.67 bits per heavy atom. The molecule has 48 valence electrons. The lowest BCUT2D eigenvalue weighted by Crippen LogP contribution is -1.81. The van der Waals surface area contributed by atoms with E-state index >= 15 is 0 Å². The molecular weight excluding hydrogens is 136 g/mol. The molecule has 0 spiro atoms. The topological polar surface area (TPSA) is 35.0 Å². The fourth-order valence-corrected chi connectivity index (χ4v) is 0.703. The third kappa shape index (κ3) is 1.89. The van der Waals surface area contributed by atoms with Crippen LogP contribution in [0, 0.1) is 0 Å². The number of hydrogen-bond donors (Lipinski definition) is 0. The predicted molar refractivity (Wildman–Crippen MR) is 36.2 cm³/mol. The molecule has 0 aliphatic heterocycles. The van der Waals surface area contributed by atoms with Gasteiger partial charge in [0.15, 0.2) is 5.75 Å². The van der Waals surface area contributed by atoms with Gasteiger partial charge in [0.2, 0.25) is 0 Å². The summed E-state index contributed by atoms with van der Waals surface area (Å²) in [7, 11) is 0. The number of aromatic nitrogens is 2. The molecule has 0 aromatic carbocycles. The van der Waals surface area contributed by atoms with E-state index in [0.29, 0.717) is 5.75 Å². The first-order valence-electron chi connectivity index (χ1n) is 2.39. The van der Waals surface area contributed by atoms with Crippen molar-refractivity contribution in [2.24, 2.45) is 0 Å². The molecule has 4 heteroatoms. The van der Waals surface area contributed by atoms with E-state index in [4.69, 9.17) is 4.18 Å². The molecular formula is C5H6N2OS. The van der Waals surface area contributed by atoms with Crippen molar-refractivity contribution in [1.82, 2.24) is 9.97 Å². The van der Waals surface area contributed by atoms with Crippen molar-refractivity contribution >= 4 is 12.0 Å². The lowest BCUT2D eigenvalue weighted by molar-refractivity contribution is 0.640. The normalized spacial score (nSPS) is 9.00. The van der Waals surface area contributed by atoms with Crippen LogP contribution in [0.4, 0.5) is 0 Å². The van der Waals surface area contributed by atoms with Crippen LogP contribution in [-0.4, -0.2) is 16.2 Å². The minimum Gasteiger partial charge on any atom is -0.423 e. The van der Waals surface area contributed by atoms with Gasteiger partial charge in [0, 0.05) is 6.26 Å². The molecule has 3 nitrogen and oxygen atoms in total. The van der Waals surface area contributed by atoms with Crippen LogP contribution in [0.3, 0.4) is 0 Å². The van der Waals surface area contributed by atoms with Gasteiger partial charge >= 0.3 is 0 Å². The highest BCUT2D eigenvalue weighted by atomic mass is 32.2. The molecule has 0 bridgehead atoms. The first kappa shape index (κ1) is 6.35. The minimum absolute atomic E-state index is 0.685. The van der Waals surface area contributed by atoms with Crippen LogP contribution in [0.25, 0.3) is 0 Å². The Labute approximate surface area is 57.7 Å². The van der Waals surface area contributed by atoms with Crippen LogP contribution < -0.4 is 4.18 Å². The highest BCUT2D eigenvalue weighted by Crippen LogP contribution is 2.09. The van der Waals surface area contributed by atoms with E-state index in [1.165, 1.54) is 18.4 Å². The maximum atomic E-state index is 5.00. The summed E-state index contributed by atoms with van der Waals surface area (Å²) in [6.45, 7) is 0. The molecule has 0 amide bonds. The van der Waals surface area contributed by atoms with E-state index in [-0.39, 0.29) is 0 Å². The number of hydrogen-bond acceptors (Lipinski definition) is 4. The maximum Gasteiger partial charge on any atom is 0.173 e.